The van der Waals surface area contributed by atoms with Crippen molar-refractivity contribution in [1.82, 2.24) is 5.32 Å². The molecule has 0 unspecified atom stereocenters. The second kappa shape index (κ2) is 5.05. The first kappa shape index (κ1) is 10.3. The first-order valence-electron chi connectivity index (χ1n) is 4.72. The van der Waals surface area contributed by atoms with Crippen molar-refractivity contribution in [2.24, 2.45) is 0 Å². The maximum atomic E-state index is 5.87. The van der Waals surface area contributed by atoms with Crippen molar-refractivity contribution in [3.63, 3.8) is 0 Å². The van der Waals surface area contributed by atoms with Crippen LogP contribution in [0.5, 0.6) is 0 Å². The Hall–Kier alpha value is 0.210. The second-order valence-corrected chi connectivity index (χ2v) is 3.66. The average Bonchev–Trinajstić information content (AvgIpc) is 2.02. The Bertz CT molecular complexity index is 120. The molecular formula is C9H18ClNO. The summed E-state index contributed by atoms with van der Waals surface area (Å²) in [6.45, 7) is 4.55. The minimum Gasteiger partial charge on any atom is -0.380 e. The van der Waals surface area contributed by atoms with Gasteiger partial charge in [0.05, 0.1) is 6.61 Å². The van der Waals surface area contributed by atoms with Crippen LogP contribution in [0.2, 0.25) is 0 Å². The molecule has 3 heteroatoms. The molecule has 1 rings (SSSR count). The summed E-state index contributed by atoms with van der Waals surface area (Å²) in [5.41, 5.74) is 0.249. The monoisotopic (exact) mass is 191 g/mol. The summed E-state index contributed by atoms with van der Waals surface area (Å²) in [6.07, 6.45) is 3.76. The summed E-state index contributed by atoms with van der Waals surface area (Å²) in [5, 5.41) is 3.46. The van der Waals surface area contributed by atoms with Crippen molar-refractivity contribution in [3.05, 3.63) is 0 Å². The standard InChI is InChI=1S/C9H18ClNO/c1-2-12-7-6-11-9(8-10)4-3-5-9/h11H,2-8H2,1H3. The lowest BCUT2D eigenvalue weighted by Gasteiger charge is -2.41. The summed E-state index contributed by atoms with van der Waals surface area (Å²) in [4.78, 5) is 0. The third-order valence-corrected chi connectivity index (χ3v) is 3.03. The molecule has 0 bridgehead atoms. The summed E-state index contributed by atoms with van der Waals surface area (Å²) in [7, 11) is 0. The highest BCUT2D eigenvalue weighted by atomic mass is 35.5. The molecule has 2 nitrogen and oxygen atoms in total. The van der Waals surface area contributed by atoms with Crippen molar-refractivity contribution in [2.75, 3.05) is 25.6 Å². The Morgan fingerprint density at radius 1 is 1.50 bits per heavy atom. The Balaban J connectivity index is 2.04. The van der Waals surface area contributed by atoms with E-state index in [0.29, 0.717) is 0 Å². The summed E-state index contributed by atoms with van der Waals surface area (Å²) >= 11 is 5.87. The van der Waals surface area contributed by atoms with Crippen molar-refractivity contribution < 1.29 is 4.74 Å². The number of hydrogen-bond donors (Lipinski definition) is 1. The molecule has 0 heterocycles. The molecule has 1 saturated carbocycles. The van der Waals surface area contributed by atoms with Crippen LogP contribution in [0.4, 0.5) is 0 Å². The van der Waals surface area contributed by atoms with E-state index in [2.05, 4.69) is 5.32 Å². The molecule has 0 radical (unpaired) electrons. The zero-order valence-electron chi connectivity index (χ0n) is 7.74. The molecule has 0 amide bonds. The van der Waals surface area contributed by atoms with Crippen LogP contribution in [-0.4, -0.2) is 31.2 Å². The van der Waals surface area contributed by atoms with E-state index in [-0.39, 0.29) is 5.54 Å². The molecule has 0 aromatic carbocycles. The second-order valence-electron chi connectivity index (χ2n) is 3.39. The smallest absolute Gasteiger partial charge is 0.0590 e. The van der Waals surface area contributed by atoms with E-state index in [4.69, 9.17) is 16.3 Å². The zero-order chi connectivity index (χ0) is 8.86. The lowest BCUT2D eigenvalue weighted by atomic mass is 9.78. The molecule has 0 saturated heterocycles. The van der Waals surface area contributed by atoms with Crippen molar-refractivity contribution in [3.8, 4) is 0 Å². The zero-order valence-corrected chi connectivity index (χ0v) is 8.49. The minimum absolute atomic E-state index is 0.249. The lowest BCUT2D eigenvalue weighted by Crippen LogP contribution is -2.53. The van der Waals surface area contributed by atoms with E-state index in [1.54, 1.807) is 0 Å². The molecule has 12 heavy (non-hydrogen) atoms. The van der Waals surface area contributed by atoms with Gasteiger partial charge >= 0.3 is 0 Å². The van der Waals surface area contributed by atoms with Gasteiger partial charge in [-0.05, 0) is 26.2 Å². The quantitative estimate of drug-likeness (QED) is 0.511. The fourth-order valence-electron chi connectivity index (χ4n) is 1.49. The minimum atomic E-state index is 0.249. The van der Waals surface area contributed by atoms with Gasteiger partial charge in [-0.2, -0.15) is 0 Å². The number of ether oxygens (including phenoxy) is 1. The van der Waals surface area contributed by atoms with Gasteiger partial charge in [0, 0.05) is 24.6 Å². The molecular weight excluding hydrogens is 174 g/mol. The van der Waals surface area contributed by atoms with Crippen LogP contribution in [-0.2, 0) is 4.74 Å². The molecule has 1 fully saturated rings. The Labute approximate surface area is 79.6 Å². The van der Waals surface area contributed by atoms with Gasteiger partial charge in [-0.3, -0.25) is 0 Å². The van der Waals surface area contributed by atoms with E-state index in [1.807, 2.05) is 6.92 Å². The van der Waals surface area contributed by atoms with E-state index in [1.165, 1.54) is 19.3 Å². The maximum Gasteiger partial charge on any atom is 0.0590 e. The highest BCUT2D eigenvalue weighted by molar-refractivity contribution is 6.18. The molecule has 0 aromatic rings. The molecule has 72 valence electrons. The van der Waals surface area contributed by atoms with E-state index in [9.17, 15) is 0 Å². The molecule has 0 atom stereocenters. The van der Waals surface area contributed by atoms with Gasteiger partial charge in [0.25, 0.3) is 0 Å². The summed E-state index contributed by atoms with van der Waals surface area (Å²) in [5.74, 6) is 0.735. The number of nitrogens with one attached hydrogen (secondary N) is 1. The van der Waals surface area contributed by atoms with Crippen LogP contribution < -0.4 is 5.32 Å². The van der Waals surface area contributed by atoms with Gasteiger partial charge in [0.1, 0.15) is 0 Å². The molecule has 0 spiro atoms. The number of alkyl halides is 1. The Kier molecular flexibility index (Phi) is 4.33. The summed E-state index contributed by atoms with van der Waals surface area (Å²) in [6, 6.07) is 0. The van der Waals surface area contributed by atoms with Crippen molar-refractivity contribution in [2.45, 2.75) is 31.7 Å². The van der Waals surface area contributed by atoms with Crippen LogP contribution in [0.1, 0.15) is 26.2 Å². The first-order chi connectivity index (χ1) is 5.83. The maximum absolute atomic E-state index is 5.87. The van der Waals surface area contributed by atoms with Crippen LogP contribution in [0.25, 0.3) is 0 Å². The normalized spacial score (nSPS) is 20.5. The molecule has 0 aliphatic heterocycles. The van der Waals surface area contributed by atoms with Gasteiger partial charge in [0.2, 0.25) is 0 Å². The largest absolute Gasteiger partial charge is 0.380 e. The van der Waals surface area contributed by atoms with Crippen molar-refractivity contribution >= 4 is 11.6 Å². The van der Waals surface area contributed by atoms with Crippen molar-refractivity contribution in [1.29, 1.82) is 0 Å². The first-order valence-corrected chi connectivity index (χ1v) is 5.25. The molecule has 1 aliphatic carbocycles. The van der Waals surface area contributed by atoms with E-state index in [0.717, 1.165) is 25.6 Å². The Morgan fingerprint density at radius 2 is 2.25 bits per heavy atom. The number of halogens is 1. The van der Waals surface area contributed by atoms with Crippen LogP contribution >= 0.6 is 11.6 Å². The van der Waals surface area contributed by atoms with E-state index < -0.39 is 0 Å². The topological polar surface area (TPSA) is 21.3 Å². The third kappa shape index (κ3) is 2.61. The van der Waals surface area contributed by atoms with Gasteiger partial charge in [-0.1, -0.05) is 0 Å². The van der Waals surface area contributed by atoms with Crippen LogP contribution in [0, 0.1) is 0 Å². The van der Waals surface area contributed by atoms with Gasteiger partial charge < -0.3 is 10.1 Å². The third-order valence-electron chi connectivity index (χ3n) is 2.52. The molecule has 1 aliphatic rings. The highest BCUT2D eigenvalue weighted by Crippen LogP contribution is 2.32. The number of rotatable bonds is 6. The predicted molar refractivity (Wildman–Crippen MR) is 51.8 cm³/mol. The lowest BCUT2D eigenvalue weighted by molar-refractivity contribution is 0.127. The SMILES string of the molecule is CCOCCNC1(CCl)CCC1. The predicted octanol–water partition coefficient (Wildman–Crippen LogP) is 1.77. The fourth-order valence-corrected chi connectivity index (χ4v) is 1.86. The number of hydrogen-bond acceptors (Lipinski definition) is 2. The van der Waals surface area contributed by atoms with Crippen LogP contribution in [0.15, 0.2) is 0 Å². The highest BCUT2D eigenvalue weighted by Gasteiger charge is 2.34. The molecule has 0 aromatic heterocycles. The van der Waals surface area contributed by atoms with E-state index >= 15 is 0 Å². The molecule has 1 N–H and O–H groups in total. The van der Waals surface area contributed by atoms with Gasteiger partial charge in [-0.15, -0.1) is 11.6 Å². The average molecular weight is 192 g/mol. The van der Waals surface area contributed by atoms with Crippen LogP contribution in [0.3, 0.4) is 0 Å². The fraction of sp³-hybridized carbons (Fsp3) is 1.00. The summed E-state index contributed by atoms with van der Waals surface area (Å²) < 4.78 is 5.24. The Morgan fingerprint density at radius 3 is 2.67 bits per heavy atom. The van der Waals surface area contributed by atoms with Gasteiger partial charge in [0.15, 0.2) is 0 Å². The van der Waals surface area contributed by atoms with Gasteiger partial charge in [-0.25, -0.2) is 0 Å².